The number of amides is 2. The van der Waals surface area contributed by atoms with E-state index in [2.05, 4.69) is 10.6 Å². The molecule has 0 saturated heterocycles. The van der Waals surface area contributed by atoms with E-state index in [0.717, 1.165) is 18.6 Å². The van der Waals surface area contributed by atoms with Gasteiger partial charge in [0.15, 0.2) is 11.6 Å². The number of nitrogens with one attached hydrogen (secondary N) is 2. The molecule has 0 bridgehead atoms. The lowest BCUT2D eigenvalue weighted by Gasteiger charge is -2.11. The van der Waals surface area contributed by atoms with Crippen LogP contribution in [-0.2, 0) is 11.2 Å². The highest BCUT2D eigenvalue weighted by Gasteiger charge is 2.13. The lowest BCUT2D eigenvalue weighted by Crippen LogP contribution is -2.25. The van der Waals surface area contributed by atoms with E-state index in [0.29, 0.717) is 23.4 Å². The highest BCUT2D eigenvalue weighted by molar-refractivity contribution is 6.03. The number of carbonyl (C=O) groups excluding carboxylic acids is 2. The molecule has 0 aliphatic carbocycles. The van der Waals surface area contributed by atoms with Crippen LogP contribution in [0.3, 0.4) is 0 Å². The number of halogens is 2. The molecule has 0 aliphatic heterocycles. The van der Waals surface area contributed by atoms with Gasteiger partial charge in [-0.3, -0.25) is 9.59 Å². The van der Waals surface area contributed by atoms with Crippen LogP contribution in [0, 0.1) is 11.6 Å². The number of rotatable bonds is 7. The summed E-state index contributed by atoms with van der Waals surface area (Å²) in [5.41, 5.74) is 1.34. The van der Waals surface area contributed by atoms with Crippen LogP contribution in [0.5, 0.6) is 0 Å². The summed E-state index contributed by atoms with van der Waals surface area (Å²) in [6.07, 6.45) is 1.18. The van der Waals surface area contributed by atoms with Crippen LogP contribution in [0.1, 0.15) is 35.7 Å². The minimum Gasteiger partial charge on any atom is -0.352 e. The maximum atomic E-state index is 13.2. The fourth-order valence-corrected chi connectivity index (χ4v) is 2.29. The molecular formula is C19H20F2N2O2. The Morgan fingerprint density at radius 3 is 2.52 bits per heavy atom. The van der Waals surface area contributed by atoms with Gasteiger partial charge < -0.3 is 10.6 Å². The van der Waals surface area contributed by atoms with Crippen LogP contribution in [0.4, 0.5) is 14.5 Å². The van der Waals surface area contributed by atoms with Gasteiger partial charge in [-0.15, -0.1) is 0 Å². The first-order valence-electron chi connectivity index (χ1n) is 8.12. The van der Waals surface area contributed by atoms with Crippen molar-refractivity contribution in [2.45, 2.75) is 26.2 Å². The van der Waals surface area contributed by atoms with Crippen LogP contribution in [-0.4, -0.2) is 18.4 Å². The van der Waals surface area contributed by atoms with E-state index in [1.165, 1.54) is 6.07 Å². The fraction of sp³-hybridized carbons (Fsp3) is 0.263. The Kier molecular flexibility index (Phi) is 6.62. The van der Waals surface area contributed by atoms with Crippen molar-refractivity contribution in [3.63, 3.8) is 0 Å². The van der Waals surface area contributed by atoms with Gasteiger partial charge >= 0.3 is 0 Å². The summed E-state index contributed by atoms with van der Waals surface area (Å²) in [6, 6.07) is 10.3. The molecule has 2 aromatic carbocycles. The van der Waals surface area contributed by atoms with Gasteiger partial charge in [-0.2, -0.15) is 0 Å². The first-order valence-corrected chi connectivity index (χ1v) is 8.12. The van der Waals surface area contributed by atoms with Crippen LogP contribution < -0.4 is 10.6 Å². The molecule has 2 N–H and O–H groups in total. The van der Waals surface area contributed by atoms with E-state index >= 15 is 0 Å². The van der Waals surface area contributed by atoms with Crippen molar-refractivity contribution < 1.29 is 18.4 Å². The third-order valence-corrected chi connectivity index (χ3v) is 3.61. The Morgan fingerprint density at radius 1 is 1.04 bits per heavy atom. The molecule has 25 heavy (non-hydrogen) atoms. The lowest BCUT2D eigenvalue weighted by atomic mass is 10.1. The number of hydrogen-bond donors (Lipinski definition) is 2. The quantitative estimate of drug-likeness (QED) is 0.803. The SMILES string of the molecule is CCCNC(=O)c1ccccc1NC(=O)CCc1ccc(F)c(F)c1. The van der Waals surface area contributed by atoms with Crippen molar-refractivity contribution in [1.29, 1.82) is 0 Å². The summed E-state index contributed by atoms with van der Waals surface area (Å²) in [5, 5.41) is 5.46. The molecule has 4 nitrogen and oxygen atoms in total. The highest BCUT2D eigenvalue weighted by atomic mass is 19.2. The van der Waals surface area contributed by atoms with Gasteiger partial charge in [0.1, 0.15) is 0 Å². The molecule has 0 aliphatic rings. The molecule has 0 unspecified atom stereocenters. The maximum absolute atomic E-state index is 13.2. The average Bonchev–Trinajstić information content (AvgIpc) is 2.61. The number of anilines is 1. The zero-order valence-electron chi connectivity index (χ0n) is 13.9. The van der Waals surface area contributed by atoms with Gasteiger partial charge in [-0.25, -0.2) is 8.78 Å². The summed E-state index contributed by atoms with van der Waals surface area (Å²) in [6.45, 7) is 2.50. The topological polar surface area (TPSA) is 58.2 Å². The molecule has 0 aromatic heterocycles. The van der Waals surface area contributed by atoms with Crippen molar-refractivity contribution in [2.75, 3.05) is 11.9 Å². The zero-order chi connectivity index (χ0) is 18.2. The van der Waals surface area contributed by atoms with E-state index in [4.69, 9.17) is 0 Å². The average molecular weight is 346 g/mol. The second-order valence-electron chi connectivity index (χ2n) is 5.60. The Bertz CT molecular complexity index is 763. The molecule has 0 radical (unpaired) electrons. The zero-order valence-corrected chi connectivity index (χ0v) is 13.9. The molecule has 0 saturated carbocycles. The number of aryl methyl sites for hydroxylation is 1. The predicted octanol–water partition coefficient (Wildman–Crippen LogP) is 3.68. The predicted molar refractivity (Wildman–Crippen MR) is 92.4 cm³/mol. The van der Waals surface area contributed by atoms with Crippen LogP contribution in [0.25, 0.3) is 0 Å². The molecule has 0 spiro atoms. The largest absolute Gasteiger partial charge is 0.352 e. The van der Waals surface area contributed by atoms with E-state index in [1.54, 1.807) is 24.3 Å². The van der Waals surface area contributed by atoms with Gasteiger partial charge in [0.25, 0.3) is 5.91 Å². The number of hydrogen-bond acceptors (Lipinski definition) is 2. The van der Waals surface area contributed by atoms with Gasteiger partial charge in [0.05, 0.1) is 11.3 Å². The monoisotopic (exact) mass is 346 g/mol. The Morgan fingerprint density at radius 2 is 1.80 bits per heavy atom. The highest BCUT2D eigenvalue weighted by Crippen LogP contribution is 2.16. The van der Waals surface area contributed by atoms with Gasteiger partial charge in [-0.05, 0) is 42.7 Å². The van der Waals surface area contributed by atoms with E-state index < -0.39 is 11.6 Å². The van der Waals surface area contributed by atoms with Crippen molar-refractivity contribution in [2.24, 2.45) is 0 Å². The Labute approximate surface area is 145 Å². The Balaban J connectivity index is 1.98. The summed E-state index contributed by atoms with van der Waals surface area (Å²) in [4.78, 5) is 24.2. The Hall–Kier alpha value is -2.76. The van der Waals surface area contributed by atoms with Crippen LogP contribution in [0.2, 0.25) is 0 Å². The maximum Gasteiger partial charge on any atom is 0.253 e. The fourth-order valence-electron chi connectivity index (χ4n) is 2.29. The van der Waals surface area contributed by atoms with Crippen molar-refractivity contribution in [1.82, 2.24) is 5.32 Å². The molecule has 0 heterocycles. The molecule has 132 valence electrons. The minimum atomic E-state index is -0.934. The van der Waals surface area contributed by atoms with Crippen molar-refractivity contribution >= 4 is 17.5 Å². The second-order valence-corrected chi connectivity index (χ2v) is 5.60. The molecule has 0 atom stereocenters. The molecule has 0 fully saturated rings. The van der Waals surface area contributed by atoms with E-state index in [1.807, 2.05) is 6.92 Å². The smallest absolute Gasteiger partial charge is 0.253 e. The number of carbonyl (C=O) groups is 2. The van der Waals surface area contributed by atoms with E-state index in [-0.39, 0.29) is 24.7 Å². The van der Waals surface area contributed by atoms with Gasteiger partial charge in [0, 0.05) is 13.0 Å². The minimum absolute atomic E-state index is 0.0932. The van der Waals surface area contributed by atoms with Gasteiger partial charge in [0.2, 0.25) is 5.91 Å². The number of para-hydroxylation sites is 1. The first-order chi connectivity index (χ1) is 12.0. The van der Waals surface area contributed by atoms with Gasteiger partial charge in [-0.1, -0.05) is 25.1 Å². The van der Waals surface area contributed by atoms with Crippen LogP contribution >= 0.6 is 0 Å². The van der Waals surface area contributed by atoms with Crippen LogP contribution in [0.15, 0.2) is 42.5 Å². The third-order valence-electron chi connectivity index (χ3n) is 3.61. The standard InChI is InChI=1S/C19H20F2N2O2/c1-2-11-22-19(25)14-5-3-4-6-17(14)23-18(24)10-8-13-7-9-15(20)16(21)12-13/h3-7,9,12H,2,8,10-11H2,1H3,(H,22,25)(H,23,24). The lowest BCUT2D eigenvalue weighted by molar-refractivity contribution is -0.116. The van der Waals surface area contributed by atoms with E-state index in [9.17, 15) is 18.4 Å². The molecule has 2 aromatic rings. The summed E-state index contributed by atoms with van der Waals surface area (Å²) < 4.78 is 26.1. The molecular weight excluding hydrogens is 326 g/mol. The van der Waals surface area contributed by atoms with Crippen molar-refractivity contribution in [3.8, 4) is 0 Å². The normalized spacial score (nSPS) is 10.4. The molecule has 6 heteroatoms. The molecule has 2 amide bonds. The summed E-state index contributed by atoms with van der Waals surface area (Å²) in [7, 11) is 0. The second kappa shape index (κ2) is 8.92. The summed E-state index contributed by atoms with van der Waals surface area (Å²) in [5.74, 6) is -2.41. The third kappa shape index (κ3) is 5.38. The number of benzene rings is 2. The summed E-state index contributed by atoms with van der Waals surface area (Å²) >= 11 is 0. The van der Waals surface area contributed by atoms with Crippen molar-refractivity contribution in [3.05, 3.63) is 65.2 Å². The first kappa shape index (κ1) is 18.6. The molecule has 2 rings (SSSR count).